The van der Waals surface area contributed by atoms with Crippen LogP contribution in [0.2, 0.25) is 0 Å². The van der Waals surface area contributed by atoms with E-state index >= 15 is 0 Å². The van der Waals surface area contributed by atoms with Crippen molar-refractivity contribution in [2.24, 2.45) is 0 Å². The molecular weight excluding hydrogens is 268 g/mol. The number of benzene rings is 2. The van der Waals surface area contributed by atoms with Crippen LogP contribution in [0.15, 0.2) is 48.5 Å². The summed E-state index contributed by atoms with van der Waals surface area (Å²) in [4.78, 5) is 23.5. The van der Waals surface area contributed by atoms with Gasteiger partial charge in [0, 0.05) is 17.3 Å². The lowest BCUT2D eigenvalue weighted by Crippen LogP contribution is -2.20. The van der Waals surface area contributed by atoms with Gasteiger partial charge in [0.1, 0.15) is 5.75 Å². The summed E-state index contributed by atoms with van der Waals surface area (Å²) < 4.78 is 5.09. The molecule has 0 aliphatic heterocycles. The molecule has 0 aliphatic carbocycles. The van der Waals surface area contributed by atoms with Gasteiger partial charge >= 0.3 is 6.03 Å². The molecule has 0 saturated carbocycles. The number of ether oxygens (including phenoxy) is 1. The molecule has 2 rings (SSSR count). The second-order valence-corrected chi connectivity index (χ2v) is 4.41. The molecule has 0 atom stereocenters. The van der Waals surface area contributed by atoms with E-state index < -0.39 is 6.03 Å². The molecular formula is C16H16N2O3. The number of para-hydroxylation sites is 1. The molecule has 0 fully saturated rings. The SMILES string of the molecule is COc1cccc(NC(=O)Nc2ccccc2C(C)=O)c1. The van der Waals surface area contributed by atoms with Gasteiger partial charge < -0.3 is 15.4 Å². The molecule has 0 unspecified atom stereocenters. The number of amides is 2. The van der Waals surface area contributed by atoms with E-state index in [0.717, 1.165) is 0 Å². The predicted octanol–water partition coefficient (Wildman–Crippen LogP) is 3.54. The average Bonchev–Trinajstić information content (AvgIpc) is 2.47. The van der Waals surface area contributed by atoms with Crippen LogP contribution in [-0.2, 0) is 0 Å². The summed E-state index contributed by atoms with van der Waals surface area (Å²) in [6.45, 7) is 1.46. The molecule has 0 saturated heterocycles. The lowest BCUT2D eigenvalue weighted by Gasteiger charge is -2.11. The normalized spacial score (nSPS) is 9.81. The lowest BCUT2D eigenvalue weighted by atomic mass is 10.1. The van der Waals surface area contributed by atoms with Crippen LogP contribution in [0.3, 0.4) is 0 Å². The smallest absolute Gasteiger partial charge is 0.323 e. The fraction of sp³-hybridized carbons (Fsp3) is 0.125. The van der Waals surface area contributed by atoms with Crippen LogP contribution >= 0.6 is 0 Å². The first kappa shape index (κ1) is 14.6. The number of urea groups is 1. The molecule has 0 aliphatic rings. The summed E-state index contributed by atoms with van der Waals surface area (Å²) >= 11 is 0. The van der Waals surface area contributed by atoms with E-state index in [4.69, 9.17) is 4.74 Å². The van der Waals surface area contributed by atoms with E-state index in [1.54, 1.807) is 55.6 Å². The number of methoxy groups -OCH3 is 1. The number of Topliss-reactive ketones (excluding diaryl/α,β-unsaturated/α-hetero) is 1. The fourth-order valence-electron chi connectivity index (χ4n) is 1.88. The van der Waals surface area contributed by atoms with Gasteiger partial charge in [-0.1, -0.05) is 18.2 Å². The maximum atomic E-state index is 12.0. The van der Waals surface area contributed by atoms with Crippen molar-refractivity contribution < 1.29 is 14.3 Å². The third-order valence-electron chi connectivity index (χ3n) is 2.88. The van der Waals surface area contributed by atoms with E-state index in [1.165, 1.54) is 6.92 Å². The summed E-state index contributed by atoms with van der Waals surface area (Å²) in [6.07, 6.45) is 0. The van der Waals surface area contributed by atoms with Crippen molar-refractivity contribution in [3.8, 4) is 5.75 Å². The highest BCUT2D eigenvalue weighted by Crippen LogP contribution is 2.18. The summed E-state index contributed by atoms with van der Waals surface area (Å²) in [5.41, 5.74) is 1.55. The Labute approximate surface area is 122 Å². The highest BCUT2D eigenvalue weighted by Gasteiger charge is 2.09. The molecule has 108 valence electrons. The number of carbonyl (C=O) groups is 2. The van der Waals surface area contributed by atoms with Crippen LogP contribution in [0, 0.1) is 0 Å². The third-order valence-corrected chi connectivity index (χ3v) is 2.88. The molecule has 0 aromatic heterocycles. The molecule has 2 N–H and O–H groups in total. The van der Waals surface area contributed by atoms with Crippen LogP contribution in [-0.4, -0.2) is 18.9 Å². The van der Waals surface area contributed by atoms with Crippen molar-refractivity contribution in [3.05, 3.63) is 54.1 Å². The second kappa shape index (κ2) is 6.56. The molecule has 5 heteroatoms. The van der Waals surface area contributed by atoms with Gasteiger partial charge in [-0.15, -0.1) is 0 Å². The monoisotopic (exact) mass is 284 g/mol. The van der Waals surface area contributed by atoms with Crippen LogP contribution < -0.4 is 15.4 Å². The van der Waals surface area contributed by atoms with E-state index in [1.807, 2.05) is 0 Å². The van der Waals surface area contributed by atoms with Crippen molar-refractivity contribution in [2.75, 3.05) is 17.7 Å². The highest BCUT2D eigenvalue weighted by molar-refractivity contribution is 6.06. The lowest BCUT2D eigenvalue weighted by molar-refractivity contribution is 0.101. The average molecular weight is 284 g/mol. The first-order valence-electron chi connectivity index (χ1n) is 6.42. The van der Waals surface area contributed by atoms with Crippen molar-refractivity contribution in [1.82, 2.24) is 0 Å². The quantitative estimate of drug-likeness (QED) is 0.844. The van der Waals surface area contributed by atoms with E-state index in [2.05, 4.69) is 10.6 Å². The van der Waals surface area contributed by atoms with E-state index in [9.17, 15) is 9.59 Å². The minimum atomic E-state index is -0.419. The minimum absolute atomic E-state index is 0.104. The van der Waals surface area contributed by atoms with E-state index in [0.29, 0.717) is 22.7 Å². The van der Waals surface area contributed by atoms with Crippen molar-refractivity contribution in [1.29, 1.82) is 0 Å². The second-order valence-electron chi connectivity index (χ2n) is 4.41. The molecule has 2 amide bonds. The first-order chi connectivity index (χ1) is 10.1. The van der Waals surface area contributed by atoms with Crippen LogP contribution in [0.25, 0.3) is 0 Å². The van der Waals surface area contributed by atoms with Gasteiger partial charge in [0.05, 0.1) is 12.8 Å². The van der Waals surface area contributed by atoms with Crippen molar-refractivity contribution in [2.45, 2.75) is 6.92 Å². The molecule has 0 spiro atoms. The Balaban J connectivity index is 2.10. The van der Waals surface area contributed by atoms with Crippen LogP contribution in [0.4, 0.5) is 16.2 Å². The van der Waals surface area contributed by atoms with E-state index in [-0.39, 0.29) is 5.78 Å². The van der Waals surface area contributed by atoms with Gasteiger partial charge in [-0.05, 0) is 31.2 Å². The number of anilines is 2. The van der Waals surface area contributed by atoms with Gasteiger partial charge in [0.25, 0.3) is 0 Å². The minimum Gasteiger partial charge on any atom is -0.497 e. The predicted molar refractivity (Wildman–Crippen MR) is 82.1 cm³/mol. The van der Waals surface area contributed by atoms with Crippen molar-refractivity contribution in [3.63, 3.8) is 0 Å². The van der Waals surface area contributed by atoms with Crippen molar-refractivity contribution >= 4 is 23.2 Å². The van der Waals surface area contributed by atoms with Gasteiger partial charge in [-0.2, -0.15) is 0 Å². The Morgan fingerprint density at radius 3 is 2.48 bits per heavy atom. The summed E-state index contributed by atoms with van der Waals surface area (Å²) in [7, 11) is 1.56. The molecule has 2 aromatic rings. The molecule has 21 heavy (non-hydrogen) atoms. The molecule has 0 bridgehead atoms. The highest BCUT2D eigenvalue weighted by atomic mass is 16.5. The van der Waals surface area contributed by atoms with Crippen LogP contribution in [0.1, 0.15) is 17.3 Å². The van der Waals surface area contributed by atoms with Crippen LogP contribution in [0.5, 0.6) is 5.75 Å². The van der Waals surface area contributed by atoms with Gasteiger partial charge in [-0.3, -0.25) is 4.79 Å². The third kappa shape index (κ3) is 3.82. The number of ketones is 1. The number of carbonyl (C=O) groups excluding carboxylic acids is 2. The van der Waals surface area contributed by atoms with Gasteiger partial charge in [0.15, 0.2) is 5.78 Å². The zero-order valence-electron chi connectivity index (χ0n) is 11.8. The first-order valence-corrected chi connectivity index (χ1v) is 6.42. The maximum absolute atomic E-state index is 12.0. The van der Waals surface area contributed by atoms with Gasteiger partial charge in [0.2, 0.25) is 0 Å². The topological polar surface area (TPSA) is 67.4 Å². The standard InChI is InChI=1S/C16H16N2O3/c1-11(19)14-8-3-4-9-15(14)18-16(20)17-12-6-5-7-13(10-12)21-2/h3-10H,1-2H3,(H2,17,18,20). The number of rotatable bonds is 4. The number of hydrogen-bond donors (Lipinski definition) is 2. The summed E-state index contributed by atoms with van der Waals surface area (Å²) in [5.74, 6) is 0.546. The molecule has 0 radical (unpaired) electrons. The largest absolute Gasteiger partial charge is 0.497 e. The molecule has 5 nitrogen and oxygen atoms in total. The Morgan fingerprint density at radius 1 is 1.00 bits per heavy atom. The Bertz CT molecular complexity index is 668. The molecule has 0 heterocycles. The summed E-state index contributed by atoms with van der Waals surface area (Å²) in [5, 5.41) is 5.36. The zero-order chi connectivity index (χ0) is 15.2. The zero-order valence-corrected chi connectivity index (χ0v) is 11.8. The Kier molecular flexibility index (Phi) is 4.56. The number of hydrogen-bond acceptors (Lipinski definition) is 3. The molecule has 2 aromatic carbocycles. The summed E-state index contributed by atoms with van der Waals surface area (Å²) in [6, 6.07) is 13.5. The Hall–Kier alpha value is -2.82. The maximum Gasteiger partial charge on any atom is 0.323 e. The Morgan fingerprint density at radius 2 is 1.76 bits per heavy atom. The fourth-order valence-corrected chi connectivity index (χ4v) is 1.88. The van der Waals surface area contributed by atoms with Gasteiger partial charge in [-0.25, -0.2) is 4.79 Å². The number of nitrogens with one attached hydrogen (secondary N) is 2.